The molecule has 115 valence electrons. The van der Waals surface area contributed by atoms with Crippen LogP contribution in [0, 0.1) is 6.92 Å². The van der Waals surface area contributed by atoms with Crippen molar-refractivity contribution in [1.29, 1.82) is 0 Å². The molecule has 0 aliphatic carbocycles. The number of phenolic OH excluding ortho intramolecular Hbond substituents is 1. The standard InChI is InChI=1S/C14H19N2O3S2/c1-2-20-7-3-6-15-8-11(18)9-4-5-10(17)12-13(9)21-14(19)16-12/h4-5,11,15,17-18H,1-3,6-8H2,(H,16,19)/t11-/m1/s1. The number of thiazole rings is 1. The van der Waals surface area contributed by atoms with Gasteiger partial charge >= 0.3 is 4.87 Å². The summed E-state index contributed by atoms with van der Waals surface area (Å²) in [7, 11) is 0. The molecule has 0 bridgehead atoms. The molecular formula is C14H19N2O3S2. The van der Waals surface area contributed by atoms with Crippen molar-refractivity contribution in [3.8, 4) is 5.75 Å². The van der Waals surface area contributed by atoms with Gasteiger partial charge in [0, 0.05) is 12.1 Å². The van der Waals surface area contributed by atoms with Crippen molar-refractivity contribution in [3.05, 3.63) is 34.3 Å². The van der Waals surface area contributed by atoms with Crippen LogP contribution >= 0.6 is 23.1 Å². The van der Waals surface area contributed by atoms with E-state index in [4.69, 9.17) is 0 Å². The molecule has 1 aromatic heterocycles. The van der Waals surface area contributed by atoms with Gasteiger partial charge in [0.05, 0.1) is 10.8 Å². The summed E-state index contributed by atoms with van der Waals surface area (Å²) in [5.41, 5.74) is 1.05. The number of thioether (sulfide) groups is 1. The van der Waals surface area contributed by atoms with Gasteiger partial charge in [0.15, 0.2) is 0 Å². The summed E-state index contributed by atoms with van der Waals surface area (Å²) in [6.07, 6.45) is 0.315. The predicted octanol–water partition coefficient (Wildman–Crippen LogP) is 1.88. The Morgan fingerprint density at radius 1 is 1.48 bits per heavy atom. The number of rotatable bonds is 8. The van der Waals surface area contributed by atoms with Crippen molar-refractivity contribution in [2.24, 2.45) is 0 Å². The van der Waals surface area contributed by atoms with Gasteiger partial charge in [-0.2, -0.15) is 11.8 Å². The number of aromatic amines is 1. The van der Waals surface area contributed by atoms with E-state index in [1.54, 1.807) is 17.8 Å². The summed E-state index contributed by atoms with van der Waals surface area (Å²) in [5, 5.41) is 23.2. The topological polar surface area (TPSA) is 85.3 Å². The van der Waals surface area contributed by atoms with E-state index in [2.05, 4.69) is 17.2 Å². The second kappa shape index (κ2) is 7.84. The fraction of sp³-hybridized carbons (Fsp3) is 0.429. The van der Waals surface area contributed by atoms with Gasteiger partial charge in [-0.3, -0.25) is 4.79 Å². The van der Waals surface area contributed by atoms with Crippen LogP contribution in [0.5, 0.6) is 5.75 Å². The maximum atomic E-state index is 11.4. The van der Waals surface area contributed by atoms with Crippen LogP contribution in [0.15, 0.2) is 16.9 Å². The van der Waals surface area contributed by atoms with Crippen molar-refractivity contribution in [1.82, 2.24) is 10.3 Å². The van der Waals surface area contributed by atoms with Crippen molar-refractivity contribution in [3.63, 3.8) is 0 Å². The maximum Gasteiger partial charge on any atom is 0.305 e. The number of fused-ring (bicyclic) bond motifs is 1. The molecule has 0 saturated carbocycles. The Morgan fingerprint density at radius 2 is 2.29 bits per heavy atom. The third-order valence-corrected chi connectivity index (χ3v) is 4.87. The number of aromatic nitrogens is 1. The molecule has 4 N–H and O–H groups in total. The third-order valence-electron chi connectivity index (χ3n) is 3.07. The molecule has 1 radical (unpaired) electrons. The van der Waals surface area contributed by atoms with E-state index < -0.39 is 6.10 Å². The minimum atomic E-state index is -0.708. The van der Waals surface area contributed by atoms with E-state index >= 15 is 0 Å². The summed E-state index contributed by atoms with van der Waals surface area (Å²) in [6, 6.07) is 3.15. The molecule has 5 nitrogen and oxygen atoms in total. The van der Waals surface area contributed by atoms with Gasteiger partial charge in [-0.15, -0.1) is 0 Å². The van der Waals surface area contributed by atoms with Gasteiger partial charge in [0.2, 0.25) is 0 Å². The molecule has 2 rings (SSSR count). The Balaban J connectivity index is 1.98. The van der Waals surface area contributed by atoms with Gasteiger partial charge in [0.1, 0.15) is 11.3 Å². The molecule has 2 aromatic rings. The Morgan fingerprint density at radius 3 is 3.05 bits per heavy atom. The van der Waals surface area contributed by atoms with E-state index in [1.807, 2.05) is 0 Å². The summed E-state index contributed by atoms with van der Waals surface area (Å²) in [4.78, 5) is 13.8. The van der Waals surface area contributed by atoms with Crippen LogP contribution in [-0.2, 0) is 0 Å². The number of aliphatic hydroxyl groups excluding tert-OH is 1. The average Bonchev–Trinajstić information content (AvgIpc) is 2.85. The molecule has 1 atom stereocenters. The molecule has 0 aliphatic heterocycles. The van der Waals surface area contributed by atoms with Crippen molar-refractivity contribution in [2.75, 3.05) is 24.6 Å². The van der Waals surface area contributed by atoms with Gasteiger partial charge in [-0.25, -0.2) is 0 Å². The van der Waals surface area contributed by atoms with Crippen LogP contribution in [0.1, 0.15) is 18.1 Å². The van der Waals surface area contributed by atoms with Crippen LogP contribution in [0.2, 0.25) is 0 Å². The first-order valence-corrected chi connectivity index (χ1v) is 8.71. The third kappa shape index (κ3) is 4.23. The van der Waals surface area contributed by atoms with Gasteiger partial charge in [-0.05, 0) is 37.5 Å². The Kier molecular flexibility index (Phi) is 6.10. The van der Waals surface area contributed by atoms with Crippen molar-refractivity contribution >= 4 is 33.3 Å². The van der Waals surface area contributed by atoms with Crippen LogP contribution in [0.25, 0.3) is 10.2 Å². The number of hydrogen-bond donors (Lipinski definition) is 4. The Hall–Kier alpha value is -1.02. The lowest BCUT2D eigenvalue weighted by Crippen LogP contribution is -2.23. The number of benzene rings is 1. The Bertz CT molecular complexity index is 639. The highest BCUT2D eigenvalue weighted by Crippen LogP contribution is 2.31. The summed E-state index contributed by atoms with van der Waals surface area (Å²) in [6.45, 7) is 5.01. The van der Waals surface area contributed by atoms with Crippen molar-refractivity contribution in [2.45, 2.75) is 12.5 Å². The zero-order valence-electron chi connectivity index (χ0n) is 11.6. The van der Waals surface area contributed by atoms with Crippen LogP contribution < -0.4 is 10.2 Å². The first-order chi connectivity index (χ1) is 10.1. The molecule has 0 spiro atoms. The molecule has 1 heterocycles. The van der Waals surface area contributed by atoms with Gasteiger partial charge in [-0.1, -0.05) is 17.4 Å². The fourth-order valence-corrected chi connectivity index (χ4v) is 3.52. The van der Waals surface area contributed by atoms with Crippen molar-refractivity contribution < 1.29 is 10.2 Å². The molecule has 0 unspecified atom stereocenters. The number of aromatic hydroxyl groups is 1. The lowest BCUT2D eigenvalue weighted by atomic mass is 10.1. The largest absolute Gasteiger partial charge is 0.506 e. The minimum absolute atomic E-state index is 0.0254. The number of nitrogens with one attached hydrogen (secondary N) is 2. The maximum absolute atomic E-state index is 11.4. The van der Waals surface area contributed by atoms with Crippen LogP contribution in [0.3, 0.4) is 0 Å². The van der Waals surface area contributed by atoms with Crippen LogP contribution in [-0.4, -0.2) is 39.8 Å². The molecule has 0 amide bonds. The zero-order valence-corrected chi connectivity index (χ0v) is 13.2. The van der Waals surface area contributed by atoms with Crippen LogP contribution in [0.4, 0.5) is 0 Å². The highest BCUT2D eigenvalue weighted by atomic mass is 32.2. The van der Waals surface area contributed by atoms with Gasteiger partial charge < -0.3 is 20.5 Å². The molecule has 0 saturated heterocycles. The smallest absolute Gasteiger partial charge is 0.305 e. The molecule has 0 fully saturated rings. The lowest BCUT2D eigenvalue weighted by Gasteiger charge is -2.13. The summed E-state index contributed by atoms with van der Waals surface area (Å²) in [5.74, 6) is 1.95. The molecule has 0 aliphatic rings. The molecule has 1 aromatic carbocycles. The van der Waals surface area contributed by atoms with E-state index in [1.165, 1.54) is 6.07 Å². The van der Waals surface area contributed by atoms with Gasteiger partial charge in [0.25, 0.3) is 0 Å². The lowest BCUT2D eigenvalue weighted by molar-refractivity contribution is 0.176. The fourth-order valence-electron chi connectivity index (χ4n) is 2.05. The zero-order chi connectivity index (χ0) is 15.2. The summed E-state index contributed by atoms with van der Waals surface area (Å²) < 4.78 is 0.613. The normalized spacial score (nSPS) is 12.9. The Labute approximate surface area is 131 Å². The van der Waals surface area contributed by atoms with E-state index in [0.29, 0.717) is 22.3 Å². The summed E-state index contributed by atoms with van der Waals surface area (Å²) >= 11 is 2.79. The van der Waals surface area contributed by atoms with E-state index in [-0.39, 0.29) is 10.6 Å². The van der Waals surface area contributed by atoms with E-state index in [0.717, 1.165) is 35.8 Å². The number of hydrogen-bond acceptors (Lipinski definition) is 6. The highest BCUT2D eigenvalue weighted by Gasteiger charge is 2.15. The molecule has 21 heavy (non-hydrogen) atoms. The monoisotopic (exact) mass is 327 g/mol. The number of H-pyrrole nitrogens is 1. The number of aliphatic hydroxyl groups is 1. The second-order valence-corrected chi connectivity index (χ2v) is 6.79. The second-order valence-electron chi connectivity index (χ2n) is 4.58. The quantitative estimate of drug-likeness (QED) is 0.556. The highest BCUT2D eigenvalue weighted by molar-refractivity contribution is 7.99. The minimum Gasteiger partial charge on any atom is -0.506 e. The number of phenols is 1. The average molecular weight is 327 g/mol. The SMILES string of the molecule is [CH2]CSCCCNC[C@@H](O)c1ccc(O)c2[nH]c(=O)sc12. The van der Waals surface area contributed by atoms with E-state index in [9.17, 15) is 15.0 Å². The molecule has 7 heteroatoms. The first-order valence-electron chi connectivity index (χ1n) is 6.74. The first kappa shape index (κ1) is 16.4. The predicted molar refractivity (Wildman–Crippen MR) is 89.2 cm³/mol. The molecular weight excluding hydrogens is 308 g/mol.